The Kier molecular flexibility index (Phi) is 8.05. The first-order valence-corrected chi connectivity index (χ1v) is 8.63. The zero-order chi connectivity index (χ0) is 18.8. The summed E-state index contributed by atoms with van der Waals surface area (Å²) in [5, 5.41) is 6.13. The van der Waals surface area contributed by atoms with E-state index in [0.29, 0.717) is 21.5 Å². The molecule has 2 aromatic rings. The molecule has 0 heterocycles. The molecule has 2 aromatic carbocycles. The van der Waals surface area contributed by atoms with E-state index in [4.69, 9.17) is 32.7 Å². The van der Waals surface area contributed by atoms with Gasteiger partial charge in [0, 0.05) is 17.3 Å². The molecule has 0 aliphatic carbocycles. The van der Waals surface area contributed by atoms with Crippen LogP contribution in [0.4, 0.5) is 10.5 Å². The first-order valence-electron chi connectivity index (χ1n) is 7.88. The number of para-hydroxylation sites is 1. The molecule has 26 heavy (non-hydrogen) atoms. The second kappa shape index (κ2) is 10.5. The van der Waals surface area contributed by atoms with Crippen molar-refractivity contribution in [3.05, 3.63) is 58.6 Å². The Labute approximate surface area is 161 Å². The lowest BCUT2D eigenvalue weighted by atomic mass is 10.3. The van der Waals surface area contributed by atoms with Gasteiger partial charge in [-0.2, -0.15) is 0 Å². The molecular weight excluding hydrogens is 379 g/mol. The minimum absolute atomic E-state index is 0.0594. The Bertz CT molecular complexity index is 741. The van der Waals surface area contributed by atoms with Crippen LogP contribution in [0.25, 0.3) is 0 Å². The molecule has 0 aliphatic heterocycles. The molecule has 0 fully saturated rings. The normalized spacial score (nSPS) is 10.1. The third kappa shape index (κ3) is 7.21. The Morgan fingerprint density at radius 1 is 1.00 bits per heavy atom. The van der Waals surface area contributed by atoms with Crippen LogP contribution in [0.2, 0.25) is 10.0 Å². The predicted octanol–water partition coefficient (Wildman–Crippen LogP) is 4.13. The molecule has 138 valence electrons. The van der Waals surface area contributed by atoms with Gasteiger partial charge >= 0.3 is 12.0 Å². The maximum absolute atomic E-state index is 11.7. The molecule has 0 atom stereocenters. The fourth-order valence-electron chi connectivity index (χ4n) is 1.95. The SMILES string of the molecule is O=C(NCCC(=O)OCCOc1ccc(Cl)cc1Cl)Nc1ccccc1. The molecule has 0 spiro atoms. The molecule has 0 saturated carbocycles. The molecule has 0 bridgehead atoms. The number of carbonyl (C=O) groups excluding carboxylic acids is 2. The summed E-state index contributed by atoms with van der Waals surface area (Å²) in [6, 6.07) is 13.5. The summed E-state index contributed by atoms with van der Waals surface area (Å²) < 4.78 is 10.4. The average molecular weight is 397 g/mol. The summed E-state index contributed by atoms with van der Waals surface area (Å²) >= 11 is 11.8. The molecule has 2 rings (SSSR count). The van der Waals surface area contributed by atoms with Gasteiger partial charge in [0.2, 0.25) is 0 Å². The van der Waals surface area contributed by atoms with Gasteiger partial charge in [0.1, 0.15) is 19.0 Å². The van der Waals surface area contributed by atoms with Crippen molar-refractivity contribution in [2.75, 3.05) is 25.1 Å². The van der Waals surface area contributed by atoms with Gasteiger partial charge in [-0.3, -0.25) is 4.79 Å². The van der Waals surface area contributed by atoms with Crippen LogP contribution in [0.3, 0.4) is 0 Å². The number of ether oxygens (including phenoxy) is 2. The summed E-state index contributed by atoms with van der Waals surface area (Å²) in [5.74, 6) is 0.0298. The lowest BCUT2D eigenvalue weighted by molar-refractivity contribution is -0.144. The van der Waals surface area contributed by atoms with Gasteiger partial charge in [-0.25, -0.2) is 4.79 Å². The van der Waals surface area contributed by atoms with Crippen molar-refractivity contribution in [1.82, 2.24) is 5.32 Å². The number of amides is 2. The van der Waals surface area contributed by atoms with E-state index in [-0.39, 0.29) is 32.2 Å². The van der Waals surface area contributed by atoms with Gasteiger partial charge in [0.25, 0.3) is 0 Å². The van der Waals surface area contributed by atoms with Crippen molar-refractivity contribution in [2.45, 2.75) is 6.42 Å². The van der Waals surface area contributed by atoms with E-state index < -0.39 is 5.97 Å². The number of esters is 1. The van der Waals surface area contributed by atoms with E-state index in [9.17, 15) is 9.59 Å². The van der Waals surface area contributed by atoms with Gasteiger partial charge in [0.15, 0.2) is 0 Å². The number of hydrogen-bond acceptors (Lipinski definition) is 4. The minimum Gasteiger partial charge on any atom is -0.488 e. The van der Waals surface area contributed by atoms with E-state index in [1.54, 1.807) is 30.3 Å². The average Bonchev–Trinajstić information content (AvgIpc) is 2.61. The van der Waals surface area contributed by atoms with E-state index in [1.165, 1.54) is 0 Å². The summed E-state index contributed by atoms with van der Waals surface area (Å²) in [5.41, 5.74) is 0.672. The van der Waals surface area contributed by atoms with Crippen LogP contribution in [0.1, 0.15) is 6.42 Å². The molecular formula is C18H18Cl2N2O4. The zero-order valence-corrected chi connectivity index (χ0v) is 15.3. The molecule has 2 amide bonds. The first kappa shape index (κ1) is 19.9. The quantitative estimate of drug-likeness (QED) is 0.519. The molecule has 6 nitrogen and oxygen atoms in total. The molecule has 8 heteroatoms. The van der Waals surface area contributed by atoms with Crippen molar-refractivity contribution in [1.29, 1.82) is 0 Å². The Morgan fingerprint density at radius 3 is 2.50 bits per heavy atom. The molecule has 0 aromatic heterocycles. The van der Waals surface area contributed by atoms with Crippen LogP contribution in [0, 0.1) is 0 Å². The highest BCUT2D eigenvalue weighted by atomic mass is 35.5. The minimum atomic E-state index is -0.434. The number of anilines is 1. The lowest BCUT2D eigenvalue weighted by Crippen LogP contribution is -2.31. The summed E-state index contributed by atoms with van der Waals surface area (Å²) in [6.45, 7) is 0.407. The van der Waals surface area contributed by atoms with Crippen molar-refractivity contribution in [3.63, 3.8) is 0 Å². The number of carbonyl (C=O) groups is 2. The van der Waals surface area contributed by atoms with Gasteiger partial charge in [-0.1, -0.05) is 41.4 Å². The Morgan fingerprint density at radius 2 is 1.77 bits per heavy atom. The largest absolute Gasteiger partial charge is 0.488 e. The van der Waals surface area contributed by atoms with Gasteiger partial charge < -0.3 is 20.1 Å². The number of hydrogen-bond donors (Lipinski definition) is 2. The van der Waals surface area contributed by atoms with Crippen LogP contribution in [-0.2, 0) is 9.53 Å². The highest BCUT2D eigenvalue weighted by Crippen LogP contribution is 2.27. The molecule has 0 unspecified atom stereocenters. The second-order valence-corrected chi connectivity index (χ2v) is 5.98. The second-order valence-electron chi connectivity index (χ2n) is 5.14. The number of benzene rings is 2. The zero-order valence-electron chi connectivity index (χ0n) is 13.8. The van der Waals surface area contributed by atoms with E-state index >= 15 is 0 Å². The van der Waals surface area contributed by atoms with Crippen LogP contribution in [0.5, 0.6) is 5.75 Å². The highest BCUT2D eigenvalue weighted by molar-refractivity contribution is 6.35. The standard InChI is InChI=1S/C18H18Cl2N2O4/c19-13-6-7-16(15(20)12-13)25-10-11-26-17(23)8-9-21-18(24)22-14-4-2-1-3-5-14/h1-7,12H,8-11H2,(H2,21,22,24). The highest BCUT2D eigenvalue weighted by Gasteiger charge is 2.06. The van der Waals surface area contributed by atoms with E-state index in [0.717, 1.165) is 0 Å². The van der Waals surface area contributed by atoms with Crippen molar-refractivity contribution in [2.24, 2.45) is 0 Å². The van der Waals surface area contributed by atoms with E-state index in [1.807, 2.05) is 18.2 Å². The van der Waals surface area contributed by atoms with E-state index in [2.05, 4.69) is 10.6 Å². The van der Waals surface area contributed by atoms with Crippen molar-refractivity contribution >= 4 is 40.9 Å². The summed E-state index contributed by atoms with van der Waals surface area (Å²) in [7, 11) is 0. The Hall–Kier alpha value is -2.44. The maximum Gasteiger partial charge on any atom is 0.319 e. The van der Waals surface area contributed by atoms with Crippen LogP contribution < -0.4 is 15.4 Å². The predicted molar refractivity (Wildman–Crippen MR) is 101 cm³/mol. The molecule has 2 N–H and O–H groups in total. The van der Waals surface area contributed by atoms with Crippen LogP contribution in [-0.4, -0.2) is 31.8 Å². The maximum atomic E-state index is 11.7. The number of urea groups is 1. The first-order chi connectivity index (χ1) is 12.5. The summed E-state index contributed by atoms with van der Waals surface area (Å²) in [6.07, 6.45) is 0.0594. The third-order valence-corrected chi connectivity index (χ3v) is 3.67. The fraction of sp³-hybridized carbons (Fsp3) is 0.222. The molecule has 0 radical (unpaired) electrons. The molecule has 0 aliphatic rings. The fourth-order valence-corrected chi connectivity index (χ4v) is 2.41. The van der Waals surface area contributed by atoms with Crippen LogP contribution >= 0.6 is 23.2 Å². The number of rotatable bonds is 8. The lowest BCUT2D eigenvalue weighted by Gasteiger charge is -2.09. The number of nitrogens with one attached hydrogen (secondary N) is 2. The monoisotopic (exact) mass is 396 g/mol. The summed E-state index contributed by atoms with van der Waals surface area (Å²) in [4.78, 5) is 23.3. The smallest absolute Gasteiger partial charge is 0.319 e. The topological polar surface area (TPSA) is 76.7 Å². The third-order valence-electron chi connectivity index (χ3n) is 3.14. The molecule has 0 saturated heterocycles. The van der Waals surface area contributed by atoms with Crippen molar-refractivity contribution in [3.8, 4) is 5.75 Å². The Balaban J connectivity index is 1.57. The number of halogens is 2. The van der Waals surface area contributed by atoms with Crippen molar-refractivity contribution < 1.29 is 19.1 Å². The van der Waals surface area contributed by atoms with Gasteiger partial charge in [-0.15, -0.1) is 0 Å². The van der Waals surface area contributed by atoms with Gasteiger partial charge in [-0.05, 0) is 30.3 Å². The van der Waals surface area contributed by atoms with Crippen LogP contribution in [0.15, 0.2) is 48.5 Å². The van der Waals surface area contributed by atoms with Gasteiger partial charge in [0.05, 0.1) is 11.4 Å².